The number of benzene rings is 2. The largest absolute Gasteiger partial charge is 0.495 e. The molecule has 3 aromatic rings. The van der Waals surface area contributed by atoms with E-state index < -0.39 is 6.09 Å². The van der Waals surface area contributed by atoms with Crippen LogP contribution in [0.5, 0.6) is 11.5 Å². The molecular formula is C20H19IN4O4. The second-order valence-electron chi connectivity index (χ2n) is 5.90. The molecule has 1 aromatic heterocycles. The number of hydrogen-bond donors (Lipinski definition) is 1. The molecule has 0 unspecified atom stereocenters. The lowest BCUT2D eigenvalue weighted by Crippen LogP contribution is -2.26. The zero-order valence-corrected chi connectivity index (χ0v) is 18.2. The van der Waals surface area contributed by atoms with Crippen LogP contribution < -0.4 is 18.0 Å². The van der Waals surface area contributed by atoms with E-state index in [9.17, 15) is 4.79 Å². The van der Waals surface area contributed by atoms with Crippen molar-refractivity contribution in [2.24, 2.45) is 0 Å². The highest BCUT2D eigenvalue weighted by Gasteiger charge is 2.16. The summed E-state index contributed by atoms with van der Waals surface area (Å²) in [7, 11) is 4.48. The molecule has 0 bridgehead atoms. The Labute approximate surface area is 182 Å². The summed E-state index contributed by atoms with van der Waals surface area (Å²) in [6.45, 7) is 0. The number of halogens is 1. The van der Waals surface area contributed by atoms with E-state index in [4.69, 9.17) is 12.5 Å². The maximum absolute atomic E-state index is 11.9. The maximum atomic E-state index is 11.9. The summed E-state index contributed by atoms with van der Waals surface area (Å²) in [6, 6.07) is 14.8. The predicted octanol–water partition coefficient (Wildman–Crippen LogP) is 4.83. The lowest BCUT2D eigenvalue weighted by atomic mass is 10.1. The standard InChI is InChI=1S/C20H19IN4O4/c1-25(20(26)28-3)16-10-13(8-9-18(16)27-2)24-19-11-15(22-12-23-19)14-6-4-5-7-17(14)29-21/h4-12H,1-3H3,(H,22,23,24). The maximum Gasteiger partial charge on any atom is 0.413 e. The molecule has 1 N–H and O–H groups in total. The molecule has 0 aliphatic carbocycles. The van der Waals surface area contributed by atoms with Crippen LogP contribution in [-0.2, 0) is 4.74 Å². The first kappa shape index (κ1) is 20.6. The molecule has 9 heteroatoms. The third-order valence-electron chi connectivity index (χ3n) is 4.17. The first-order valence-electron chi connectivity index (χ1n) is 8.54. The van der Waals surface area contributed by atoms with Crippen molar-refractivity contribution in [1.29, 1.82) is 0 Å². The van der Waals surface area contributed by atoms with Crippen LogP contribution in [0.4, 0.5) is 22.0 Å². The highest BCUT2D eigenvalue weighted by molar-refractivity contribution is 14.1. The summed E-state index contributed by atoms with van der Waals surface area (Å²) < 4.78 is 15.5. The number of hydrogen-bond acceptors (Lipinski definition) is 7. The van der Waals surface area contributed by atoms with Gasteiger partial charge in [-0.25, -0.2) is 14.8 Å². The van der Waals surface area contributed by atoms with E-state index in [-0.39, 0.29) is 0 Å². The lowest BCUT2D eigenvalue weighted by Gasteiger charge is -2.19. The summed E-state index contributed by atoms with van der Waals surface area (Å²) in [6.07, 6.45) is 0.979. The van der Waals surface area contributed by atoms with Crippen LogP contribution >= 0.6 is 23.0 Å². The Morgan fingerprint density at radius 1 is 1.07 bits per heavy atom. The van der Waals surface area contributed by atoms with Crippen LogP contribution in [0, 0.1) is 0 Å². The number of aromatic nitrogens is 2. The van der Waals surface area contributed by atoms with Gasteiger partial charge >= 0.3 is 6.09 Å². The third-order valence-corrected chi connectivity index (χ3v) is 4.65. The van der Waals surface area contributed by atoms with E-state index in [1.54, 1.807) is 26.3 Å². The number of amides is 1. The third kappa shape index (κ3) is 4.67. The monoisotopic (exact) mass is 506 g/mol. The SMILES string of the molecule is COC(=O)N(C)c1cc(Nc2cc(-c3ccccc3OI)ncn2)ccc1OC. The minimum absolute atomic E-state index is 0.500. The second-order valence-corrected chi connectivity index (χ2v) is 6.34. The molecule has 0 radical (unpaired) electrons. The fourth-order valence-corrected chi connectivity index (χ4v) is 3.12. The van der Waals surface area contributed by atoms with Gasteiger partial charge in [-0.15, -0.1) is 0 Å². The number of nitrogens with zero attached hydrogens (tertiary/aromatic N) is 3. The van der Waals surface area contributed by atoms with Crippen molar-refractivity contribution in [1.82, 2.24) is 9.97 Å². The average Bonchev–Trinajstić information content (AvgIpc) is 2.78. The molecule has 29 heavy (non-hydrogen) atoms. The first-order valence-corrected chi connectivity index (χ1v) is 9.42. The van der Waals surface area contributed by atoms with Gasteiger partial charge in [0.15, 0.2) is 23.0 Å². The number of nitrogens with one attached hydrogen (secondary N) is 1. The molecule has 0 saturated heterocycles. The molecule has 8 nitrogen and oxygen atoms in total. The summed E-state index contributed by atoms with van der Waals surface area (Å²) in [5.74, 6) is 1.85. The highest BCUT2D eigenvalue weighted by atomic mass is 127. The van der Waals surface area contributed by atoms with Crippen LogP contribution in [0.3, 0.4) is 0 Å². The normalized spacial score (nSPS) is 10.2. The van der Waals surface area contributed by atoms with Crippen molar-refractivity contribution in [3.05, 3.63) is 54.9 Å². The number of anilines is 3. The van der Waals surface area contributed by atoms with E-state index in [2.05, 4.69) is 15.3 Å². The quantitative estimate of drug-likeness (QED) is 0.480. The molecule has 0 atom stereocenters. The van der Waals surface area contributed by atoms with Gasteiger partial charge in [-0.2, -0.15) is 0 Å². The average molecular weight is 506 g/mol. The van der Waals surface area contributed by atoms with E-state index in [0.717, 1.165) is 16.9 Å². The number of carbonyl (C=O) groups excluding carboxylic acids is 1. The van der Waals surface area contributed by atoms with Crippen LogP contribution in [0.15, 0.2) is 54.9 Å². The van der Waals surface area contributed by atoms with Crippen molar-refractivity contribution >= 4 is 46.3 Å². The minimum atomic E-state index is -0.500. The molecule has 0 spiro atoms. The summed E-state index contributed by atoms with van der Waals surface area (Å²) in [5.41, 5.74) is 2.85. The van der Waals surface area contributed by atoms with Gasteiger partial charge in [-0.3, -0.25) is 4.90 Å². The van der Waals surface area contributed by atoms with Gasteiger partial charge in [0.05, 0.1) is 25.6 Å². The predicted molar refractivity (Wildman–Crippen MR) is 119 cm³/mol. The van der Waals surface area contributed by atoms with Crippen LogP contribution in [0.25, 0.3) is 11.3 Å². The van der Waals surface area contributed by atoms with Gasteiger partial charge in [0, 0.05) is 24.4 Å². The van der Waals surface area contributed by atoms with Crippen molar-refractivity contribution in [3.63, 3.8) is 0 Å². The van der Waals surface area contributed by atoms with Crippen molar-refractivity contribution in [2.45, 2.75) is 0 Å². The molecule has 0 fully saturated rings. The fraction of sp³-hybridized carbons (Fsp3) is 0.150. The Balaban J connectivity index is 1.92. The molecule has 150 valence electrons. The summed E-state index contributed by atoms with van der Waals surface area (Å²) >= 11 is 1.84. The number of ether oxygens (including phenoxy) is 2. The van der Waals surface area contributed by atoms with Gasteiger partial charge < -0.3 is 17.9 Å². The number of para-hydroxylation sites is 1. The van der Waals surface area contributed by atoms with Crippen LogP contribution in [-0.4, -0.2) is 37.3 Å². The minimum Gasteiger partial charge on any atom is -0.495 e. The summed E-state index contributed by atoms with van der Waals surface area (Å²) in [4.78, 5) is 21.9. The molecule has 0 aliphatic rings. The second kappa shape index (κ2) is 9.41. The van der Waals surface area contributed by atoms with Crippen LogP contribution in [0.2, 0.25) is 0 Å². The van der Waals surface area contributed by atoms with Gasteiger partial charge in [0.1, 0.15) is 23.6 Å². The molecule has 1 heterocycles. The van der Waals surface area contributed by atoms with Gasteiger partial charge in [0.25, 0.3) is 0 Å². The Hall–Kier alpha value is -3.08. The van der Waals surface area contributed by atoms with E-state index in [1.165, 1.54) is 18.3 Å². The van der Waals surface area contributed by atoms with Crippen molar-refractivity contribution < 1.29 is 17.3 Å². The Kier molecular flexibility index (Phi) is 6.70. The van der Waals surface area contributed by atoms with Gasteiger partial charge in [-0.1, -0.05) is 12.1 Å². The molecule has 2 aromatic carbocycles. The van der Waals surface area contributed by atoms with E-state index in [1.807, 2.05) is 59.4 Å². The van der Waals surface area contributed by atoms with E-state index >= 15 is 0 Å². The van der Waals surface area contributed by atoms with Crippen LogP contribution in [0.1, 0.15) is 0 Å². The van der Waals surface area contributed by atoms with Gasteiger partial charge in [-0.05, 0) is 30.3 Å². The lowest BCUT2D eigenvalue weighted by molar-refractivity contribution is 0.180. The fourth-order valence-electron chi connectivity index (χ4n) is 2.73. The Morgan fingerprint density at radius 2 is 1.86 bits per heavy atom. The number of methoxy groups -OCH3 is 2. The Bertz CT molecular complexity index is 1020. The summed E-state index contributed by atoms with van der Waals surface area (Å²) in [5, 5.41) is 3.23. The molecule has 1 amide bonds. The topological polar surface area (TPSA) is 85.8 Å². The molecule has 3 rings (SSSR count). The molecule has 0 saturated carbocycles. The number of carbonyl (C=O) groups is 1. The molecular weight excluding hydrogens is 487 g/mol. The Morgan fingerprint density at radius 3 is 2.59 bits per heavy atom. The van der Waals surface area contributed by atoms with Crippen molar-refractivity contribution in [2.75, 3.05) is 31.5 Å². The smallest absolute Gasteiger partial charge is 0.413 e. The van der Waals surface area contributed by atoms with E-state index in [0.29, 0.717) is 23.0 Å². The zero-order chi connectivity index (χ0) is 20.8. The van der Waals surface area contributed by atoms with Crippen molar-refractivity contribution in [3.8, 4) is 22.8 Å². The number of rotatable bonds is 6. The zero-order valence-electron chi connectivity index (χ0n) is 16.0. The first-order chi connectivity index (χ1) is 14.1. The van der Waals surface area contributed by atoms with Gasteiger partial charge in [0.2, 0.25) is 0 Å². The highest BCUT2D eigenvalue weighted by Crippen LogP contribution is 2.33. The molecule has 0 aliphatic heterocycles.